The van der Waals surface area contributed by atoms with Crippen LogP contribution >= 0.6 is 0 Å². The zero-order valence-electron chi connectivity index (χ0n) is 18.7. The lowest BCUT2D eigenvalue weighted by Gasteiger charge is -2.39. The van der Waals surface area contributed by atoms with Crippen molar-refractivity contribution in [1.29, 1.82) is 0 Å². The van der Waals surface area contributed by atoms with E-state index in [0.717, 1.165) is 17.7 Å². The Morgan fingerprint density at radius 2 is 1.88 bits per heavy atom. The Morgan fingerprint density at radius 1 is 1.06 bits per heavy atom. The van der Waals surface area contributed by atoms with E-state index in [1.165, 1.54) is 12.8 Å². The molecule has 0 unspecified atom stereocenters. The summed E-state index contributed by atoms with van der Waals surface area (Å²) in [5, 5.41) is 11.6. The number of rotatable bonds is 1. The van der Waals surface area contributed by atoms with E-state index in [2.05, 4.69) is 49.9 Å². The first-order valence-corrected chi connectivity index (χ1v) is 12.2. The fourth-order valence-electron chi connectivity index (χ4n) is 7.42. The highest BCUT2D eigenvalue weighted by atomic mass is 16.6. The number of benzene rings is 1. The van der Waals surface area contributed by atoms with Crippen molar-refractivity contribution in [3.05, 3.63) is 66.0 Å². The van der Waals surface area contributed by atoms with Crippen molar-refractivity contribution in [3.63, 3.8) is 0 Å². The third-order valence-electron chi connectivity index (χ3n) is 8.85. The molecule has 3 heterocycles. The summed E-state index contributed by atoms with van der Waals surface area (Å²) < 4.78 is 12.5. The van der Waals surface area contributed by atoms with Gasteiger partial charge in [0.2, 0.25) is 0 Å². The van der Waals surface area contributed by atoms with Crippen molar-refractivity contribution in [2.24, 2.45) is 41.4 Å². The molecule has 6 aliphatic rings. The SMILES string of the molecule is C=C[C@@H]1C=C[C@@H]2[C@H]3C[C@@H](C)CC[C@@H]3[C@H]3Oc4ccc(cc4)C[C@H]4C/C(=C(/O)[C@H]1[C@@H]23)C(=O)O4. The first-order chi connectivity index (χ1) is 15.5. The Labute approximate surface area is 190 Å². The predicted octanol–water partition coefficient (Wildman–Crippen LogP) is 5.40. The van der Waals surface area contributed by atoms with Crippen LogP contribution in [-0.4, -0.2) is 23.3 Å². The minimum Gasteiger partial charge on any atom is -0.511 e. The zero-order valence-corrected chi connectivity index (χ0v) is 18.7. The third-order valence-corrected chi connectivity index (χ3v) is 8.85. The smallest absolute Gasteiger partial charge is 0.337 e. The molecular formula is C28H32O4. The van der Waals surface area contributed by atoms with Gasteiger partial charge in [0.25, 0.3) is 0 Å². The Morgan fingerprint density at radius 3 is 2.66 bits per heavy atom. The van der Waals surface area contributed by atoms with Gasteiger partial charge in [0.05, 0.1) is 5.57 Å². The van der Waals surface area contributed by atoms with Gasteiger partial charge in [-0.2, -0.15) is 0 Å². The maximum absolute atomic E-state index is 12.8. The summed E-state index contributed by atoms with van der Waals surface area (Å²) in [6.07, 6.45) is 11.0. The number of ether oxygens (including phenoxy) is 2. The van der Waals surface area contributed by atoms with Gasteiger partial charge in [-0.05, 0) is 54.2 Å². The second-order valence-electron chi connectivity index (χ2n) is 10.7. The van der Waals surface area contributed by atoms with Crippen LogP contribution in [0.3, 0.4) is 0 Å². The summed E-state index contributed by atoms with van der Waals surface area (Å²) in [5.74, 6) is 2.70. The van der Waals surface area contributed by atoms with Gasteiger partial charge in [0.15, 0.2) is 0 Å². The largest absolute Gasteiger partial charge is 0.511 e. The summed E-state index contributed by atoms with van der Waals surface area (Å²) in [6.45, 7) is 6.43. The molecule has 3 aliphatic heterocycles. The maximum atomic E-state index is 12.8. The molecule has 7 rings (SSSR count). The number of hydrogen-bond donors (Lipinski definition) is 1. The van der Waals surface area contributed by atoms with Crippen LogP contribution in [-0.2, 0) is 16.0 Å². The highest BCUT2D eigenvalue weighted by Gasteiger charge is 2.58. The number of aliphatic hydroxyl groups excluding tert-OH is 1. The topological polar surface area (TPSA) is 55.8 Å². The van der Waals surface area contributed by atoms with Crippen molar-refractivity contribution in [1.82, 2.24) is 0 Å². The minimum atomic E-state index is -0.364. The molecule has 0 spiro atoms. The molecule has 3 aliphatic carbocycles. The number of allylic oxidation sites excluding steroid dienone is 4. The number of aliphatic hydroxyl groups is 1. The van der Waals surface area contributed by atoms with Crippen LogP contribution in [0.2, 0.25) is 0 Å². The Hall–Kier alpha value is -2.49. The van der Waals surface area contributed by atoms with Crippen LogP contribution in [0, 0.1) is 41.4 Å². The van der Waals surface area contributed by atoms with Crippen molar-refractivity contribution in [3.8, 4) is 5.75 Å². The van der Waals surface area contributed by atoms with E-state index >= 15 is 0 Å². The van der Waals surface area contributed by atoms with Gasteiger partial charge in [0, 0.05) is 30.6 Å². The second-order valence-corrected chi connectivity index (χ2v) is 10.7. The maximum Gasteiger partial charge on any atom is 0.337 e. The highest BCUT2D eigenvalue weighted by molar-refractivity contribution is 5.91. The quantitative estimate of drug-likeness (QED) is 0.477. The first-order valence-electron chi connectivity index (χ1n) is 12.2. The van der Waals surface area contributed by atoms with Gasteiger partial charge in [-0.15, -0.1) is 6.58 Å². The van der Waals surface area contributed by atoms with E-state index in [1.807, 2.05) is 6.08 Å². The van der Waals surface area contributed by atoms with Crippen LogP contribution in [0.4, 0.5) is 0 Å². The van der Waals surface area contributed by atoms with E-state index in [1.54, 1.807) is 0 Å². The van der Waals surface area contributed by atoms with E-state index < -0.39 is 0 Å². The van der Waals surface area contributed by atoms with Crippen LogP contribution < -0.4 is 4.74 Å². The molecule has 1 saturated heterocycles. The van der Waals surface area contributed by atoms with E-state index in [-0.39, 0.29) is 41.7 Å². The Kier molecular flexibility index (Phi) is 4.74. The van der Waals surface area contributed by atoms with Gasteiger partial charge in [-0.3, -0.25) is 0 Å². The van der Waals surface area contributed by atoms with Crippen molar-refractivity contribution in [2.45, 2.75) is 51.2 Å². The van der Waals surface area contributed by atoms with Crippen molar-refractivity contribution >= 4 is 5.97 Å². The van der Waals surface area contributed by atoms with Gasteiger partial charge in [-0.1, -0.05) is 43.7 Å². The number of carbonyl (C=O) groups excluding carboxylic acids is 1. The number of fused-ring (bicyclic) bond motifs is 4. The number of esters is 1. The fourth-order valence-corrected chi connectivity index (χ4v) is 7.42. The molecule has 1 N–H and O–H groups in total. The lowest BCUT2D eigenvalue weighted by Crippen LogP contribution is -2.40. The fraction of sp³-hybridized carbons (Fsp3) is 0.536. The second kappa shape index (κ2) is 7.54. The van der Waals surface area contributed by atoms with Crippen LogP contribution in [0.1, 0.15) is 38.2 Å². The summed E-state index contributed by atoms with van der Waals surface area (Å²) in [5.41, 5.74) is 1.57. The monoisotopic (exact) mass is 432 g/mol. The van der Waals surface area contributed by atoms with E-state index in [4.69, 9.17) is 9.47 Å². The van der Waals surface area contributed by atoms with Crippen molar-refractivity contribution in [2.75, 3.05) is 0 Å². The van der Waals surface area contributed by atoms with Gasteiger partial charge in [-0.25, -0.2) is 4.79 Å². The normalized spacial score (nSPS) is 44.4. The first kappa shape index (κ1) is 20.1. The van der Waals surface area contributed by atoms with Crippen LogP contribution in [0.25, 0.3) is 0 Å². The lowest BCUT2D eigenvalue weighted by atomic mass is 9.67. The molecule has 0 aromatic heterocycles. The minimum absolute atomic E-state index is 0.0115. The third kappa shape index (κ3) is 3.06. The Balaban J connectivity index is 1.52. The molecule has 4 nitrogen and oxygen atoms in total. The van der Waals surface area contributed by atoms with E-state index in [0.29, 0.717) is 42.1 Å². The molecule has 0 radical (unpaired) electrons. The van der Waals surface area contributed by atoms with Crippen LogP contribution in [0.15, 0.2) is 60.4 Å². The van der Waals surface area contributed by atoms with Gasteiger partial charge < -0.3 is 14.6 Å². The molecule has 4 heteroatoms. The average Bonchev–Trinajstić information content (AvgIpc) is 3.31. The molecule has 3 fully saturated rings. The van der Waals surface area contributed by atoms with Gasteiger partial charge >= 0.3 is 5.97 Å². The predicted molar refractivity (Wildman–Crippen MR) is 122 cm³/mol. The molecular weight excluding hydrogens is 400 g/mol. The standard InChI is InChI=1S/C28H32O4/c1-3-17-7-11-20-22-12-15(2)4-10-21(22)27-25(20)24(17)26(29)23-14-19(32-28(23)30)13-16-5-8-18(31-27)9-6-16/h3,5-9,11,15,17,19-22,24-25,27,29H,1,4,10,12-14H2,2H3/b26-23-/t15-,17+,19-,20+,21-,22+,24+,25+,27+/m0/s1. The molecule has 168 valence electrons. The molecule has 1 aromatic carbocycles. The number of carbonyl (C=O) groups is 1. The lowest BCUT2D eigenvalue weighted by molar-refractivity contribution is -0.138. The zero-order chi connectivity index (χ0) is 22.0. The van der Waals surface area contributed by atoms with Crippen molar-refractivity contribution < 1.29 is 19.4 Å². The molecule has 9 atom stereocenters. The average molecular weight is 433 g/mol. The highest BCUT2D eigenvalue weighted by Crippen LogP contribution is 2.58. The molecule has 1 aromatic rings. The number of hydrogen-bond acceptors (Lipinski definition) is 4. The van der Waals surface area contributed by atoms with E-state index in [9.17, 15) is 9.90 Å². The van der Waals surface area contributed by atoms with Gasteiger partial charge in [0.1, 0.15) is 23.7 Å². The molecule has 4 bridgehead atoms. The Bertz CT molecular complexity index is 989. The summed E-state index contributed by atoms with van der Waals surface area (Å²) >= 11 is 0. The summed E-state index contributed by atoms with van der Waals surface area (Å²) in [7, 11) is 0. The molecule has 32 heavy (non-hydrogen) atoms. The summed E-state index contributed by atoms with van der Waals surface area (Å²) in [4.78, 5) is 12.8. The molecule has 0 amide bonds. The van der Waals surface area contributed by atoms with Crippen LogP contribution in [0.5, 0.6) is 5.75 Å². The summed E-state index contributed by atoms with van der Waals surface area (Å²) in [6, 6.07) is 8.29. The molecule has 2 saturated carbocycles.